The highest BCUT2D eigenvalue weighted by atomic mass is 32.2. The maximum absolute atomic E-state index is 13.3. The van der Waals surface area contributed by atoms with Crippen molar-refractivity contribution in [3.05, 3.63) is 83.9 Å². The van der Waals surface area contributed by atoms with Crippen molar-refractivity contribution in [2.75, 3.05) is 5.73 Å². The minimum absolute atomic E-state index is 0.201. The zero-order valence-electron chi connectivity index (χ0n) is 14.4. The third-order valence-corrected chi connectivity index (χ3v) is 4.65. The minimum atomic E-state index is -0.393. The van der Waals surface area contributed by atoms with Gasteiger partial charge in [0.25, 0.3) is 0 Å². The number of anilines is 1. The maximum atomic E-state index is 13.3. The lowest BCUT2D eigenvalue weighted by Gasteiger charge is -2.10. The number of nitrogens with one attached hydrogen (secondary N) is 1. The number of nitrogens with two attached hydrogens (primary N) is 1. The molecule has 7 heteroatoms. The molecule has 27 heavy (non-hydrogen) atoms. The molecule has 0 aliphatic rings. The zero-order chi connectivity index (χ0) is 19.2. The average molecular weight is 380 g/mol. The van der Waals surface area contributed by atoms with Crippen LogP contribution in [-0.2, 0) is 11.2 Å². The summed E-state index contributed by atoms with van der Waals surface area (Å²) in [6, 6.07) is 13.6. The van der Waals surface area contributed by atoms with E-state index in [-0.39, 0.29) is 12.3 Å². The Balaban J connectivity index is 1.57. The van der Waals surface area contributed by atoms with Gasteiger partial charge in [0.05, 0.1) is 23.8 Å². The summed E-state index contributed by atoms with van der Waals surface area (Å²) in [6.45, 7) is 3.80. The van der Waals surface area contributed by atoms with Crippen LogP contribution in [0.3, 0.4) is 0 Å². The van der Waals surface area contributed by atoms with Crippen molar-refractivity contribution in [2.45, 2.75) is 11.3 Å². The van der Waals surface area contributed by atoms with Crippen molar-refractivity contribution >= 4 is 23.4 Å². The number of amides is 1. The summed E-state index contributed by atoms with van der Waals surface area (Å²) >= 11 is 1.12. The quantitative estimate of drug-likeness (QED) is 0.502. The third kappa shape index (κ3) is 5.15. The standard InChI is InChI=1S/C20H17FN4OS/c1-13(27-19-11-17(21)6-7-18(19)22)25-20(26)10-14-2-4-15(5-3-14)16-8-9-23-24-12-16/h2-9,11-12H,1,10,22H2,(H,25,26). The van der Waals surface area contributed by atoms with Crippen molar-refractivity contribution < 1.29 is 9.18 Å². The van der Waals surface area contributed by atoms with Crippen LogP contribution >= 0.6 is 11.8 Å². The number of benzene rings is 2. The number of hydrogen-bond acceptors (Lipinski definition) is 5. The molecule has 0 bridgehead atoms. The molecular weight excluding hydrogens is 363 g/mol. The van der Waals surface area contributed by atoms with Gasteiger partial charge in [0, 0.05) is 16.1 Å². The third-order valence-electron chi connectivity index (χ3n) is 3.72. The van der Waals surface area contributed by atoms with E-state index in [4.69, 9.17) is 5.73 Å². The molecule has 0 unspecified atom stereocenters. The summed E-state index contributed by atoms with van der Waals surface area (Å²) in [7, 11) is 0. The molecule has 136 valence electrons. The number of nitrogen functional groups attached to an aromatic ring is 1. The van der Waals surface area contributed by atoms with Gasteiger partial charge in [-0.15, -0.1) is 0 Å². The van der Waals surface area contributed by atoms with Gasteiger partial charge in [-0.25, -0.2) is 4.39 Å². The lowest BCUT2D eigenvalue weighted by Crippen LogP contribution is -2.22. The fourth-order valence-corrected chi connectivity index (χ4v) is 3.20. The molecule has 5 nitrogen and oxygen atoms in total. The lowest BCUT2D eigenvalue weighted by atomic mass is 10.0. The molecule has 0 fully saturated rings. The van der Waals surface area contributed by atoms with Gasteiger partial charge in [0.15, 0.2) is 0 Å². The molecule has 3 aromatic rings. The minimum Gasteiger partial charge on any atom is -0.398 e. The molecular formula is C20H17FN4OS. The number of rotatable bonds is 6. The van der Waals surface area contributed by atoms with Gasteiger partial charge in [-0.2, -0.15) is 10.2 Å². The average Bonchev–Trinajstić information content (AvgIpc) is 2.66. The summed E-state index contributed by atoms with van der Waals surface area (Å²) in [4.78, 5) is 12.7. The molecule has 0 aliphatic carbocycles. The van der Waals surface area contributed by atoms with Crippen LogP contribution in [0, 0.1) is 5.82 Å². The van der Waals surface area contributed by atoms with E-state index in [1.54, 1.807) is 12.4 Å². The van der Waals surface area contributed by atoms with E-state index in [0.717, 1.165) is 28.5 Å². The molecule has 2 aromatic carbocycles. The zero-order valence-corrected chi connectivity index (χ0v) is 15.2. The fraction of sp³-hybridized carbons (Fsp3) is 0.0500. The first-order chi connectivity index (χ1) is 13.0. The molecule has 1 heterocycles. The highest BCUT2D eigenvalue weighted by Gasteiger charge is 2.09. The fourth-order valence-electron chi connectivity index (χ4n) is 2.42. The number of hydrogen-bond donors (Lipinski definition) is 2. The first kappa shape index (κ1) is 18.6. The molecule has 0 atom stereocenters. The van der Waals surface area contributed by atoms with E-state index in [1.165, 1.54) is 18.2 Å². The topological polar surface area (TPSA) is 80.9 Å². The van der Waals surface area contributed by atoms with Crippen molar-refractivity contribution in [3.63, 3.8) is 0 Å². The molecule has 0 saturated heterocycles. The Labute approximate surface area is 160 Å². The number of halogens is 1. The van der Waals surface area contributed by atoms with E-state index in [0.29, 0.717) is 15.6 Å². The predicted octanol–water partition coefficient (Wildman–Crippen LogP) is 3.79. The first-order valence-electron chi connectivity index (χ1n) is 8.09. The molecule has 1 amide bonds. The summed E-state index contributed by atoms with van der Waals surface area (Å²) < 4.78 is 13.3. The Morgan fingerprint density at radius 1 is 1.11 bits per heavy atom. The van der Waals surface area contributed by atoms with Crippen LogP contribution in [0.15, 0.2) is 77.4 Å². The predicted molar refractivity (Wildman–Crippen MR) is 105 cm³/mol. The van der Waals surface area contributed by atoms with Crippen molar-refractivity contribution in [1.82, 2.24) is 15.5 Å². The van der Waals surface area contributed by atoms with E-state index in [2.05, 4.69) is 22.1 Å². The van der Waals surface area contributed by atoms with E-state index in [1.807, 2.05) is 30.3 Å². The van der Waals surface area contributed by atoms with Gasteiger partial charge in [0.2, 0.25) is 5.91 Å². The largest absolute Gasteiger partial charge is 0.398 e. The molecule has 0 saturated carbocycles. The van der Waals surface area contributed by atoms with Crippen LogP contribution in [0.4, 0.5) is 10.1 Å². The summed E-state index contributed by atoms with van der Waals surface area (Å²) in [6.07, 6.45) is 3.51. The Kier molecular flexibility index (Phi) is 5.83. The number of carbonyl (C=O) groups is 1. The second-order valence-corrected chi connectivity index (χ2v) is 6.90. The Morgan fingerprint density at radius 2 is 1.89 bits per heavy atom. The molecule has 3 N–H and O–H groups in total. The van der Waals surface area contributed by atoms with E-state index < -0.39 is 5.82 Å². The van der Waals surface area contributed by atoms with Gasteiger partial charge >= 0.3 is 0 Å². The Morgan fingerprint density at radius 3 is 2.59 bits per heavy atom. The molecule has 1 aromatic heterocycles. The van der Waals surface area contributed by atoms with Crippen LogP contribution in [0.5, 0.6) is 0 Å². The number of nitrogens with zero attached hydrogens (tertiary/aromatic N) is 2. The van der Waals surface area contributed by atoms with Crippen LogP contribution < -0.4 is 11.1 Å². The monoisotopic (exact) mass is 380 g/mol. The Hall–Kier alpha value is -3.19. The van der Waals surface area contributed by atoms with Crippen LogP contribution in [0.25, 0.3) is 11.1 Å². The maximum Gasteiger partial charge on any atom is 0.229 e. The van der Waals surface area contributed by atoms with Crippen molar-refractivity contribution in [2.24, 2.45) is 0 Å². The Bertz CT molecular complexity index is 961. The van der Waals surface area contributed by atoms with E-state index >= 15 is 0 Å². The smallest absolute Gasteiger partial charge is 0.229 e. The van der Waals surface area contributed by atoms with E-state index in [9.17, 15) is 9.18 Å². The SMILES string of the molecule is C=C(NC(=O)Cc1ccc(-c2ccnnc2)cc1)Sc1cc(F)ccc1N. The second kappa shape index (κ2) is 8.46. The lowest BCUT2D eigenvalue weighted by molar-refractivity contribution is -0.119. The van der Waals surface area contributed by atoms with Gasteiger partial charge in [0.1, 0.15) is 5.82 Å². The number of carbonyl (C=O) groups excluding carboxylic acids is 1. The van der Waals surface area contributed by atoms with Crippen molar-refractivity contribution in [1.29, 1.82) is 0 Å². The second-order valence-electron chi connectivity index (χ2n) is 5.76. The molecule has 3 rings (SSSR count). The van der Waals surface area contributed by atoms with Gasteiger partial charge in [-0.05, 0) is 35.4 Å². The molecule has 0 aliphatic heterocycles. The van der Waals surface area contributed by atoms with Crippen molar-refractivity contribution in [3.8, 4) is 11.1 Å². The van der Waals surface area contributed by atoms with Crippen LogP contribution in [0.1, 0.15) is 5.56 Å². The normalized spacial score (nSPS) is 10.4. The first-order valence-corrected chi connectivity index (χ1v) is 8.90. The van der Waals surface area contributed by atoms with Crippen LogP contribution in [-0.4, -0.2) is 16.1 Å². The number of aromatic nitrogens is 2. The van der Waals surface area contributed by atoms with Crippen LogP contribution in [0.2, 0.25) is 0 Å². The molecule has 0 radical (unpaired) electrons. The highest BCUT2D eigenvalue weighted by molar-refractivity contribution is 8.03. The number of thioether (sulfide) groups is 1. The van der Waals surface area contributed by atoms with Gasteiger partial charge < -0.3 is 11.1 Å². The molecule has 0 spiro atoms. The summed E-state index contributed by atoms with van der Waals surface area (Å²) in [5, 5.41) is 10.7. The summed E-state index contributed by atoms with van der Waals surface area (Å²) in [5.41, 5.74) is 9.05. The highest BCUT2D eigenvalue weighted by Crippen LogP contribution is 2.29. The summed E-state index contributed by atoms with van der Waals surface area (Å²) in [5.74, 6) is -0.601. The van der Waals surface area contributed by atoms with Gasteiger partial charge in [-0.1, -0.05) is 42.6 Å². The van der Waals surface area contributed by atoms with Gasteiger partial charge in [-0.3, -0.25) is 4.79 Å².